The van der Waals surface area contributed by atoms with Crippen LogP contribution in [-0.4, -0.2) is 22.1 Å². The average Bonchev–Trinajstić information content (AvgIpc) is 2.30. The molecule has 19 heavy (non-hydrogen) atoms. The second-order valence-corrected chi connectivity index (χ2v) is 6.14. The number of anilines is 1. The van der Waals surface area contributed by atoms with E-state index in [-0.39, 0.29) is 11.6 Å². The van der Waals surface area contributed by atoms with E-state index in [1.807, 2.05) is 0 Å². The number of halogens is 1. The molecule has 1 unspecified atom stereocenters. The Bertz CT molecular complexity index is 435. The highest BCUT2D eigenvalue weighted by Gasteiger charge is 2.14. The first kappa shape index (κ1) is 16.0. The van der Waals surface area contributed by atoms with E-state index < -0.39 is 5.97 Å². The summed E-state index contributed by atoms with van der Waals surface area (Å²) in [4.78, 5) is 15.3. The molecule has 0 amide bonds. The van der Waals surface area contributed by atoms with Crippen LogP contribution in [-0.2, 0) is 0 Å². The van der Waals surface area contributed by atoms with Crippen LogP contribution in [0.2, 0.25) is 0 Å². The number of carboxylic acid groups (broad SMARTS) is 1. The summed E-state index contributed by atoms with van der Waals surface area (Å²) in [6.45, 7) is 6.46. The van der Waals surface area contributed by atoms with Crippen LogP contribution in [0.25, 0.3) is 0 Å². The average molecular weight is 329 g/mol. The molecule has 1 rings (SSSR count). The van der Waals surface area contributed by atoms with Gasteiger partial charge in [0.25, 0.3) is 0 Å². The third-order valence-electron chi connectivity index (χ3n) is 2.89. The van der Waals surface area contributed by atoms with Gasteiger partial charge in [0.1, 0.15) is 11.4 Å². The molecule has 2 N–H and O–H groups in total. The number of nitrogens with one attached hydrogen (secondary N) is 1. The summed E-state index contributed by atoms with van der Waals surface area (Å²) in [6.07, 6.45) is 4.93. The van der Waals surface area contributed by atoms with Crippen LogP contribution in [0.3, 0.4) is 0 Å². The quantitative estimate of drug-likeness (QED) is 0.788. The highest BCUT2D eigenvalue weighted by atomic mass is 79.9. The number of carboxylic acids is 1. The van der Waals surface area contributed by atoms with Crippen LogP contribution in [0.5, 0.6) is 0 Å². The molecule has 1 aromatic heterocycles. The number of rotatable bonds is 7. The van der Waals surface area contributed by atoms with Gasteiger partial charge in [0.2, 0.25) is 0 Å². The van der Waals surface area contributed by atoms with Gasteiger partial charge in [-0.25, -0.2) is 9.78 Å². The van der Waals surface area contributed by atoms with E-state index in [1.54, 1.807) is 12.3 Å². The van der Waals surface area contributed by atoms with Crippen molar-refractivity contribution >= 4 is 27.7 Å². The van der Waals surface area contributed by atoms with Crippen molar-refractivity contribution in [1.29, 1.82) is 0 Å². The lowest BCUT2D eigenvalue weighted by atomic mass is 10.0. The van der Waals surface area contributed by atoms with E-state index >= 15 is 0 Å². The molecule has 1 heterocycles. The highest BCUT2D eigenvalue weighted by Crippen LogP contribution is 2.20. The fourth-order valence-electron chi connectivity index (χ4n) is 1.86. The molecule has 0 saturated heterocycles. The Hall–Kier alpha value is -1.10. The van der Waals surface area contributed by atoms with Crippen LogP contribution < -0.4 is 5.32 Å². The van der Waals surface area contributed by atoms with Gasteiger partial charge in [-0.2, -0.15) is 0 Å². The summed E-state index contributed by atoms with van der Waals surface area (Å²) in [5.74, 6) is 0.172. The Morgan fingerprint density at radius 2 is 2.11 bits per heavy atom. The monoisotopic (exact) mass is 328 g/mol. The van der Waals surface area contributed by atoms with Gasteiger partial charge in [-0.3, -0.25) is 0 Å². The lowest BCUT2D eigenvalue weighted by molar-refractivity contribution is 0.0697. The Kier molecular flexibility index (Phi) is 6.28. The molecule has 0 saturated carbocycles. The van der Waals surface area contributed by atoms with Gasteiger partial charge >= 0.3 is 5.97 Å². The molecular formula is C14H21BrN2O2. The molecule has 1 atom stereocenters. The van der Waals surface area contributed by atoms with Crippen molar-refractivity contribution in [3.05, 3.63) is 22.3 Å². The van der Waals surface area contributed by atoms with Gasteiger partial charge in [0.15, 0.2) is 0 Å². The summed E-state index contributed by atoms with van der Waals surface area (Å²) >= 11 is 3.24. The fraction of sp³-hybridized carbons (Fsp3) is 0.571. The molecule has 106 valence electrons. The van der Waals surface area contributed by atoms with Crippen molar-refractivity contribution in [3.8, 4) is 0 Å². The topological polar surface area (TPSA) is 62.2 Å². The molecule has 0 aliphatic heterocycles. The van der Waals surface area contributed by atoms with Crippen molar-refractivity contribution in [2.45, 2.75) is 46.1 Å². The van der Waals surface area contributed by atoms with E-state index in [9.17, 15) is 4.79 Å². The van der Waals surface area contributed by atoms with E-state index in [1.165, 1.54) is 6.42 Å². The number of pyridine rings is 1. The lowest BCUT2D eigenvalue weighted by Crippen LogP contribution is -2.18. The number of hydrogen-bond donors (Lipinski definition) is 2. The second-order valence-electron chi connectivity index (χ2n) is 5.22. The molecule has 0 bridgehead atoms. The molecule has 0 spiro atoms. The zero-order chi connectivity index (χ0) is 14.4. The van der Waals surface area contributed by atoms with Crippen molar-refractivity contribution in [2.24, 2.45) is 5.92 Å². The summed E-state index contributed by atoms with van der Waals surface area (Å²) in [6, 6.07) is 1.78. The standard InChI is InChI=1S/C14H21BrN2O2/c1-9(2)5-4-6-10(3)17-13-12(14(18)19)7-11(15)8-16-13/h7-10H,4-6H2,1-3H3,(H,16,17)(H,18,19). The normalized spacial score (nSPS) is 12.5. The highest BCUT2D eigenvalue weighted by molar-refractivity contribution is 9.10. The third-order valence-corrected chi connectivity index (χ3v) is 3.32. The molecule has 0 fully saturated rings. The predicted octanol–water partition coefficient (Wildman–Crippen LogP) is 4.17. The number of hydrogen-bond acceptors (Lipinski definition) is 3. The second kappa shape index (κ2) is 7.48. The van der Waals surface area contributed by atoms with Crippen molar-refractivity contribution in [2.75, 3.05) is 5.32 Å². The van der Waals surface area contributed by atoms with Crippen LogP contribution >= 0.6 is 15.9 Å². The Balaban J connectivity index is 2.63. The van der Waals surface area contributed by atoms with Gasteiger partial charge in [0, 0.05) is 16.7 Å². The summed E-state index contributed by atoms with van der Waals surface area (Å²) in [7, 11) is 0. The van der Waals surface area contributed by atoms with Gasteiger partial charge in [0.05, 0.1) is 0 Å². The van der Waals surface area contributed by atoms with Gasteiger partial charge in [-0.05, 0) is 41.3 Å². The van der Waals surface area contributed by atoms with Crippen LogP contribution in [0.15, 0.2) is 16.7 Å². The first-order valence-electron chi connectivity index (χ1n) is 6.55. The molecular weight excluding hydrogens is 308 g/mol. The zero-order valence-corrected chi connectivity index (χ0v) is 13.2. The molecule has 0 aliphatic rings. The molecule has 0 radical (unpaired) electrons. The maximum absolute atomic E-state index is 11.2. The SMILES string of the molecule is CC(C)CCCC(C)Nc1ncc(Br)cc1C(=O)O. The minimum atomic E-state index is -0.967. The summed E-state index contributed by atoms with van der Waals surface area (Å²) in [5, 5.41) is 12.3. The smallest absolute Gasteiger partial charge is 0.339 e. The van der Waals surface area contributed by atoms with Gasteiger partial charge in [-0.15, -0.1) is 0 Å². The zero-order valence-electron chi connectivity index (χ0n) is 11.6. The molecule has 0 aromatic carbocycles. The Morgan fingerprint density at radius 1 is 1.42 bits per heavy atom. The first-order chi connectivity index (χ1) is 8.90. The minimum absolute atomic E-state index is 0.199. The summed E-state index contributed by atoms with van der Waals surface area (Å²) in [5.41, 5.74) is 0.199. The van der Waals surface area contributed by atoms with E-state index in [2.05, 4.69) is 47.0 Å². The fourth-order valence-corrected chi connectivity index (χ4v) is 2.19. The van der Waals surface area contributed by atoms with Crippen molar-refractivity contribution in [3.63, 3.8) is 0 Å². The number of carbonyl (C=O) groups is 1. The largest absolute Gasteiger partial charge is 0.478 e. The van der Waals surface area contributed by atoms with Crippen LogP contribution in [0, 0.1) is 5.92 Å². The van der Waals surface area contributed by atoms with E-state index in [0.29, 0.717) is 16.2 Å². The minimum Gasteiger partial charge on any atom is -0.478 e. The predicted molar refractivity (Wildman–Crippen MR) is 80.7 cm³/mol. The van der Waals surface area contributed by atoms with Crippen LogP contribution in [0.4, 0.5) is 5.82 Å². The first-order valence-corrected chi connectivity index (χ1v) is 7.34. The maximum atomic E-state index is 11.2. The molecule has 4 nitrogen and oxygen atoms in total. The molecule has 1 aromatic rings. The van der Waals surface area contributed by atoms with Crippen molar-refractivity contribution in [1.82, 2.24) is 4.98 Å². The van der Waals surface area contributed by atoms with E-state index in [4.69, 9.17) is 5.11 Å². The van der Waals surface area contributed by atoms with Gasteiger partial charge < -0.3 is 10.4 Å². The summed E-state index contributed by atoms with van der Waals surface area (Å²) < 4.78 is 0.669. The van der Waals surface area contributed by atoms with Crippen LogP contribution in [0.1, 0.15) is 50.4 Å². The number of aromatic carboxylic acids is 1. The maximum Gasteiger partial charge on any atom is 0.339 e. The van der Waals surface area contributed by atoms with Crippen molar-refractivity contribution < 1.29 is 9.90 Å². The van der Waals surface area contributed by atoms with Gasteiger partial charge in [-0.1, -0.05) is 26.7 Å². The lowest BCUT2D eigenvalue weighted by Gasteiger charge is -2.16. The third kappa shape index (κ3) is 5.59. The molecule has 0 aliphatic carbocycles. The molecule has 5 heteroatoms. The van der Waals surface area contributed by atoms with E-state index in [0.717, 1.165) is 12.8 Å². The number of nitrogens with zero attached hydrogens (tertiary/aromatic N) is 1. The Labute approximate surface area is 122 Å². The Morgan fingerprint density at radius 3 is 2.68 bits per heavy atom. The number of aromatic nitrogens is 1.